The minimum atomic E-state index is -1.51. The summed E-state index contributed by atoms with van der Waals surface area (Å²) in [6, 6.07) is 0. The molecule has 1 unspecified atom stereocenters. The lowest BCUT2D eigenvalue weighted by Crippen LogP contribution is -2.33. The van der Waals surface area contributed by atoms with Crippen LogP contribution in [-0.2, 0) is 0 Å². The molecule has 0 fully saturated rings. The van der Waals surface area contributed by atoms with Crippen LogP contribution in [0.2, 0.25) is 0 Å². The van der Waals surface area contributed by atoms with Gasteiger partial charge in [-0.25, -0.2) is 0 Å². The number of allylic oxidation sites excluding steroid dienone is 1. The highest BCUT2D eigenvalue weighted by Gasteiger charge is 2.28. The summed E-state index contributed by atoms with van der Waals surface area (Å²) < 4.78 is 0. The third kappa shape index (κ3) is 1.72. The Balaban J connectivity index is 2.86. The molecule has 0 bridgehead atoms. The van der Waals surface area contributed by atoms with Crippen molar-refractivity contribution in [3.05, 3.63) is 23.7 Å². The van der Waals surface area contributed by atoms with Crippen LogP contribution in [0.3, 0.4) is 0 Å². The quantitative estimate of drug-likeness (QED) is 0.433. The second kappa shape index (κ2) is 2.56. The van der Waals surface area contributed by atoms with Gasteiger partial charge in [-0.15, -0.1) is 0 Å². The Hall–Kier alpha value is -1.00. The van der Waals surface area contributed by atoms with Crippen LogP contribution in [-0.4, -0.2) is 32.6 Å². The van der Waals surface area contributed by atoms with Gasteiger partial charge in [-0.2, -0.15) is 0 Å². The summed E-state index contributed by atoms with van der Waals surface area (Å²) in [4.78, 5) is 0. The Kier molecular flexibility index (Phi) is 1.89. The van der Waals surface area contributed by atoms with Crippen LogP contribution < -0.4 is 0 Å². The Labute approximate surface area is 63.7 Å². The van der Waals surface area contributed by atoms with Gasteiger partial charge in [0.25, 0.3) is 0 Å². The minimum absolute atomic E-state index is 0.0619. The maximum absolute atomic E-state index is 9.33. The second-order valence-corrected chi connectivity index (χ2v) is 2.64. The Morgan fingerprint density at radius 3 is 2.55 bits per heavy atom. The van der Waals surface area contributed by atoms with Gasteiger partial charge in [0.15, 0.2) is 0 Å². The third-order valence-electron chi connectivity index (χ3n) is 1.49. The first-order valence-corrected chi connectivity index (χ1v) is 3.20. The molecular weight excluding hydrogens is 148 g/mol. The second-order valence-electron chi connectivity index (χ2n) is 2.64. The van der Waals surface area contributed by atoms with Crippen LogP contribution in [0.1, 0.15) is 6.42 Å². The van der Waals surface area contributed by atoms with Crippen molar-refractivity contribution in [3.63, 3.8) is 0 Å². The summed E-state index contributed by atoms with van der Waals surface area (Å²) in [7, 11) is 0. The number of aliphatic hydroxyl groups excluding tert-OH is 3. The zero-order chi connectivity index (χ0) is 8.48. The fourth-order valence-electron chi connectivity index (χ4n) is 1.00. The van der Waals surface area contributed by atoms with Crippen molar-refractivity contribution >= 4 is 0 Å². The molecule has 0 heterocycles. The van der Waals surface area contributed by atoms with Gasteiger partial charge in [-0.1, -0.05) is 0 Å². The summed E-state index contributed by atoms with van der Waals surface area (Å²) >= 11 is 0. The molecule has 0 aliphatic heterocycles. The lowest BCUT2D eigenvalue weighted by Gasteiger charge is -2.24. The summed E-state index contributed by atoms with van der Waals surface area (Å²) in [5.41, 5.74) is -1.51. The zero-order valence-electron chi connectivity index (χ0n) is 5.86. The average Bonchev–Trinajstić information content (AvgIpc) is 1.84. The van der Waals surface area contributed by atoms with E-state index >= 15 is 0 Å². The summed E-state index contributed by atoms with van der Waals surface area (Å²) in [6.07, 6.45) is 2.17. The molecule has 0 radical (unpaired) electrons. The Bertz CT molecular complexity index is 218. The molecule has 62 valence electrons. The predicted octanol–water partition coefficient (Wildman–Crippen LogP) is -0.00270. The van der Waals surface area contributed by atoms with Crippen LogP contribution >= 0.6 is 0 Å². The third-order valence-corrected chi connectivity index (χ3v) is 1.49. The van der Waals surface area contributed by atoms with E-state index in [4.69, 9.17) is 15.3 Å². The van der Waals surface area contributed by atoms with Crippen molar-refractivity contribution in [1.82, 2.24) is 0 Å². The molecule has 1 aliphatic rings. The molecule has 1 atom stereocenters. The number of hydrogen-bond donors (Lipinski definition) is 4. The largest absolute Gasteiger partial charge is 0.512 e. The van der Waals surface area contributed by atoms with E-state index in [1.165, 1.54) is 0 Å². The lowest BCUT2D eigenvalue weighted by atomic mass is 9.94. The first-order valence-electron chi connectivity index (χ1n) is 3.20. The van der Waals surface area contributed by atoms with Crippen molar-refractivity contribution < 1.29 is 20.4 Å². The summed E-state index contributed by atoms with van der Waals surface area (Å²) in [6.45, 7) is -0.519. The molecule has 4 nitrogen and oxygen atoms in total. The van der Waals surface area contributed by atoms with E-state index in [0.717, 1.165) is 12.2 Å². The monoisotopic (exact) mass is 158 g/mol. The maximum atomic E-state index is 9.33. The van der Waals surface area contributed by atoms with Crippen molar-refractivity contribution in [2.45, 2.75) is 12.0 Å². The van der Waals surface area contributed by atoms with E-state index in [9.17, 15) is 5.11 Å². The Morgan fingerprint density at radius 1 is 1.45 bits per heavy atom. The van der Waals surface area contributed by atoms with Crippen LogP contribution in [0.4, 0.5) is 0 Å². The molecule has 4 N–H and O–H groups in total. The van der Waals surface area contributed by atoms with Crippen LogP contribution in [0.5, 0.6) is 0 Å². The molecule has 1 rings (SSSR count). The van der Waals surface area contributed by atoms with Gasteiger partial charge in [-0.05, 0) is 6.08 Å². The van der Waals surface area contributed by atoms with Crippen LogP contribution in [0, 0.1) is 0 Å². The van der Waals surface area contributed by atoms with E-state index in [1.54, 1.807) is 0 Å². The number of rotatable bonds is 1. The highest BCUT2D eigenvalue weighted by atomic mass is 16.3. The normalized spacial score (nSPS) is 31.1. The van der Waals surface area contributed by atoms with Crippen molar-refractivity contribution in [1.29, 1.82) is 0 Å². The van der Waals surface area contributed by atoms with Gasteiger partial charge in [0.2, 0.25) is 0 Å². The number of aliphatic hydroxyl groups is 4. The molecule has 0 amide bonds. The van der Waals surface area contributed by atoms with E-state index in [-0.39, 0.29) is 17.9 Å². The molecule has 0 spiro atoms. The van der Waals surface area contributed by atoms with Crippen molar-refractivity contribution in [3.8, 4) is 0 Å². The standard InChI is InChI=1S/C7H10O4/c8-4-7(11)2-5(9)1-6(10)3-7/h1-2,8-11H,3-4H2. The van der Waals surface area contributed by atoms with Crippen molar-refractivity contribution in [2.24, 2.45) is 0 Å². The highest BCUT2D eigenvalue weighted by molar-refractivity contribution is 5.25. The van der Waals surface area contributed by atoms with Crippen LogP contribution in [0.25, 0.3) is 0 Å². The van der Waals surface area contributed by atoms with Gasteiger partial charge in [-0.3, -0.25) is 0 Å². The molecule has 0 aromatic heterocycles. The van der Waals surface area contributed by atoms with Gasteiger partial charge in [0, 0.05) is 12.5 Å². The SMILES string of the molecule is OCC1(O)C=C(O)C=C(O)C1. The fourth-order valence-corrected chi connectivity index (χ4v) is 1.00. The topological polar surface area (TPSA) is 80.9 Å². The predicted molar refractivity (Wildman–Crippen MR) is 38.1 cm³/mol. The molecule has 0 aromatic rings. The summed E-state index contributed by atoms with van der Waals surface area (Å²) in [5.74, 6) is -0.369. The fraction of sp³-hybridized carbons (Fsp3) is 0.429. The summed E-state index contributed by atoms with van der Waals surface area (Å²) in [5, 5.41) is 35.8. The smallest absolute Gasteiger partial charge is 0.117 e. The molecule has 4 heteroatoms. The van der Waals surface area contributed by atoms with E-state index < -0.39 is 12.2 Å². The molecule has 1 aliphatic carbocycles. The van der Waals surface area contributed by atoms with E-state index in [1.807, 2.05) is 0 Å². The first-order chi connectivity index (χ1) is 5.06. The molecule has 11 heavy (non-hydrogen) atoms. The minimum Gasteiger partial charge on any atom is -0.512 e. The average molecular weight is 158 g/mol. The zero-order valence-corrected chi connectivity index (χ0v) is 5.86. The molecule has 0 saturated carbocycles. The molecule has 0 aromatic carbocycles. The van der Waals surface area contributed by atoms with Gasteiger partial charge < -0.3 is 20.4 Å². The highest BCUT2D eigenvalue weighted by Crippen LogP contribution is 2.23. The molecular formula is C7H10O4. The van der Waals surface area contributed by atoms with Gasteiger partial charge in [0.05, 0.1) is 12.4 Å². The lowest BCUT2D eigenvalue weighted by molar-refractivity contribution is 0.0153. The first kappa shape index (κ1) is 8.10. The molecule has 0 saturated heterocycles. The van der Waals surface area contributed by atoms with E-state index in [2.05, 4.69) is 0 Å². The van der Waals surface area contributed by atoms with Gasteiger partial charge >= 0.3 is 0 Å². The number of hydrogen-bond acceptors (Lipinski definition) is 4. The van der Waals surface area contributed by atoms with E-state index in [0.29, 0.717) is 0 Å². The Morgan fingerprint density at radius 2 is 2.09 bits per heavy atom. The van der Waals surface area contributed by atoms with Crippen molar-refractivity contribution in [2.75, 3.05) is 6.61 Å². The van der Waals surface area contributed by atoms with Crippen LogP contribution in [0.15, 0.2) is 23.7 Å². The van der Waals surface area contributed by atoms with Gasteiger partial charge in [0.1, 0.15) is 11.4 Å². The maximum Gasteiger partial charge on any atom is 0.117 e.